The van der Waals surface area contributed by atoms with Gasteiger partial charge >= 0.3 is 0 Å². The Bertz CT molecular complexity index is 714. The van der Waals surface area contributed by atoms with Crippen LogP contribution in [-0.4, -0.2) is 18.2 Å². The van der Waals surface area contributed by atoms with Crippen LogP contribution in [0.5, 0.6) is 0 Å². The largest absolute Gasteiger partial charge is 0.358 e. The van der Waals surface area contributed by atoms with Gasteiger partial charge in [-0.2, -0.15) is 0 Å². The Morgan fingerprint density at radius 2 is 1.72 bits per heavy atom. The van der Waals surface area contributed by atoms with Crippen molar-refractivity contribution in [2.75, 3.05) is 18.4 Å². The number of nitrogens with one attached hydrogen (secondary N) is 3. The summed E-state index contributed by atoms with van der Waals surface area (Å²) < 4.78 is 0. The molecule has 2 aromatic rings. The average Bonchev–Trinajstić information content (AvgIpc) is 2.62. The van der Waals surface area contributed by atoms with Crippen LogP contribution in [0.2, 0.25) is 5.02 Å². The summed E-state index contributed by atoms with van der Waals surface area (Å²) in [5.74, 6) is 0. The number of hydrogen-bond donors (Lipinski definition) is 3. The van der Waals surface area contributed by atoms with E-state index in [1.165, 1.54) is 11.1 Å². The van der Waals surface area contributed by atoms with E-state index in [9.17, 15) is 0 Å². The molecule has 5 heteroatoms. The summed E-state index contributed by atoms with van der Waals surface area (Å²) in [7, 11) is 0. The molecule has 0 amide bonds. The van der Waals surface area contributed by atoms with E-state index in [1.54, 1.807) is 4.90 Å². The predicted octanol–water partition coefficient (Wildman–Crippen LogP) is 3.56. The van der Waals surface area contributed by atoms with Crippen molar-refractivity contribution < 1.29 is 4.90 Å². The van der Waals surface area contributed by atoms with Gasteiger partial charge in [0, 0.05) is 22.8 Å². The first-order valence-corrected chi connectivity index (χ1v) is 9.54. The molecule has 0 unspecified atom stereocenters. The fourth-order valence-electron chi connectivity index (χ4n) is 2.76. The molecule has 0 spiro atoms. The van der Waals surface area contributed by atoms with E-state index in [2.05, 4.69) is 48.7 Å². The van der Waals surface area contributed by atoms with Gasteiger partial charge in [-0.1, -0.05) is 41.9 Å². The maximum absolute atomic E-state index is 6.16. The van der Waals surface area contributed by atoms with E-state index in [0.717, 1.165) is 35.9 Å². The van der Waals surface area contributed by atoms with Crippen molar-refractivity contribution in [2.24, 2.45) is 0 Å². The van der Waals surface area contributed by atoms with Crippen LogP contribution in [0.15, 0.2) is 42.5 Å². The third-order valence-corrected chi connectivity index (χ3v) is 5.17. The Kier molecular flexibility index (Phi) is 7.69. The minimum atomic E-state index is 0.607. The summed E-state index contributed by atoms with van der Waals surface area (Å²) in [5, 5.41) is 7.89. The normalized spacial score (nSPS) is 10.8. The van der Waals surface area contributed by atoms with Gasteiger partial charge in [0.15, 0.2) is 5.11 Å². The number of benzene rings is 2. The second kappa shape index (κ2) is 9.76. The SMILES string of the molecule is CC[NH+](CC)Cc1ccccc1CNC(=S)Nc1cccc(Cl)c1C. The molecule has 3 nitrogen and oxygen atoms in total. The van der Waals surface area contributed by atoms with Crippen molar-refractivity contribution in [2.45, 2.75) is 33.9 Å². The summed E-state index contributed by atoms with van der Waals surface area (Å²) >= 11 is 11.6. The first-order valence-electron chi connectivity index (χ1n) is 8.75. The Morgan fingerprint density at radius 3 is 2.40 bits per heavy atom. The molecule has 0 saturated heterocycles. The van der Waals surface area contributed by atoms with Crippen LogP contribution in [-0.2, 0) is 13.1 Å². The van der Waals surface area contributed by atoms with E-state index >= 15 is 0 Å². The number of quaternary nitrogens is 1. The highest BCUT2D eigenvalue weighted by Gasteiger charge is 2.09. The van der Waals surface area contributed by atoms with Gasteiger partial charge in [0.2, 0.25) is 0 Å². The Hall–Kier alpha value is -1.62. The van der Waals surface area contributed by atoms with Gasteiger partial charge in [-0.05, 0) is 56.2 Å². The molecule has 0 aliphatic carbocycles. The number of anilines is 1. The Labute approximate surface area is 161 Å². The first-order chi connectivity index (χ1) is 12.0. The lowest BCUT2D eigenvalue weighted by Crippen LogP contribution is -3.10. The Morgan fingerprint density at radius 1 is 1.04 bits per heavy atom. The van der Waals surface area contributed by atoms with Crippen LogP contribution < -0.4 is 15.5 Å². The van der Waals surface area contributed by atoms with Crippen molar-refractivity contribution >= 4 is 34.6 Å². The van der Waals surface area contributed by atoms with Gasteiger partial charge in [-0.25, -0.2) is 0 Å². The molecule has 0 heterocycles. The van der Waals surface area contributed by atoms with Crippen LogP contribution >= 0.6 is 23.8 Å². The molecule has 0 radical (unpaired) electrons. The second-order valence-corrected chi connectivity index (χ2v) is 6.94. The summed E-state index contributed by atoms with van der Waals surface area (Å²) in [5.41, 5.74) is 4.59. The van der Waals surface area contributed by atoms with Crippen molar-refractivity contribution in [3.05, 3.63) is 64.2 Å². The third-order valence-electron chi connectivity index (χ3n) is 4.51. The molecule has 2 aromatic carbocycles. The molecular weight excluding hydrogens is 350 g/mol. The number of rotatable bonds is 7. The van der Waals surface area contributed by atoms with Crippen molar-refractivity contribution in [1.29, 1.82) is 0 Å². The van der Waals surface area contributed by atoms with Gasteiger partial charge in [0.25, 0.3) is 0 Å². The van der Waals surface area contributed by atoms with Gasteiger partial charge < -0.3 is 15.5 Å². The van der Waals surface area contributed by atoms with Gasteiger partial charge in [-0.15, -0.1) is 0 Å². The highest BCUT2D eigenvalue weighted by Crippen LogP contribution is 2.22. The molecule has 0 saturated carbocycles. The lowest BCUT2D eigenvalue weighted by molar-refractivity contribution is -0.910. The zero-order valence-corrected chi connectivity index (χ0v) is 16.7. The highest BCUT2D eigenvalue weighted by atomic mass is 35.5. The molecule has 0 atom stereocenters. The third kappa shape index (κ3) is 5.70. The number of thiocarbonyl (C=S) groups is 1. The van der Waals surface area contributed by atoms with Crippen molar-refractivity contribution in [3.8, 4) is 0 Å². The van der Waals surface area contributed by atoms with E-state index in [0.29, 0.717) is 11.7 Å². The summed E-state index contributed by atoms with van der Waals surface area (Å²) in [6.45, 7) is 10.5. The quantitative estimate of drug-likeness (QED) is 0.645. The van der Waals surface area contributed by atoms with E-state index in [4.69, 9.17) is 23.8 Å². The fourth-order valence-corrected chi connectivity index (χ4v) is 3.11. The summed E-state index contributed by atoms with van der Waals surface area (Å²) in [6.07, 6.45) is 0. The van der Waals surface area contributed by atoms with Gasteiger partial charge in [0.05, 0.1) is 13.1 Å². The number of hydrogen-bond acceptors (Lipinski definition) is 1. The van der Waals surface area contributed by atoms with Gasteiger partial charge in [0.1, 0.15) is 6.54 Å². The van der Waals surface area contributed by atoms with Crippen LogP contribution in [0.25, 0.3) is 0 Å². The molecule has 134 valence electrons. The topological polar surface area (TPSA) is 28.5 Å². The molecule has 25 heavy (non-hydrogen) atoms. The predicted molar refractivity (Wildman–Crippen MR) is 111 cm³/mol. The molecule has 0 aliphatic heterocycles. The highest BCUT2D eigenvalue weighted by molar-refractivity contribution is 7.80. The molecule has 0 aromatic heterocycles. The van der Waals surface area contributed by atoms with E-state index < -0.39 is 0 Å². The van der Waals surface area contributed by atoms with Crippen LogP contribution in [0.4, 0.5) is 5.69 Å². The zero-order valence-electron chi connectivity index (χ0n) is 15.2. The Balaban J connectivity index is 1.99. The van der Waals surface area contributed by atoms with Crippen LogP contribution in [0, 0.1) is 6.92 Å². The van der Waals surface area contributed by atoms with Crippen molar-refractivity contribution in [3.63, 3.8) is 0 Å². The average molecular weight is 377 g/mol. The standard InChI is InChI=1S/C20H26ClN3S/c1-4-24(5-2)14-17-10-7-6-9-16(17)13-22-20(25)23-19-12-8-11-18(21)15(19)3/h6-12H,4-5,13-14H2,1-3H3,(H2,22,23,25)/p+1. The maximum atomic E-state index is 6.16. The van der Waals surface area contributed by atoms with E-state index in [-0.39, 0.29) is 0 Å². The first kappa shape index (κ1) is 19.7. The second-order valence-electron chi connectivity index (χ2n) is 6.12. The minimum Gasteiger partial charge on any atom is -0.358 e. The lowest BCUT2D eigenvalue weighted by Gasteiger charge is -2.18. The summed E-state index contributed by atoms with van der Waals surface area (Å²) in [4.78, 5) is 1.57. The molecule has 0 aliphatic rings. The zero-order chi connectivity index (χ0) is 18.2. The lowest BCUT2D eigenvalue weighted by atomic mass is 10.1. The maximum Gasteiger partial charge on any atom is 0.171 e. The molecule has 0 fully saturated rings. The molecular formula is C20H27ClN3S+. The smallest absolute Gasteiger partial charge is 0.171 e. The van der Waals surface area contributed by atoms with Crippen LogP contribution in [0.3, 0.4) is 0 Å². The molecule has 0 bridgehead atoms. The van der Waals surface area contributed by atoms with Crippen LogP contribution in [0.1, 0.15) is 30.5 Å². The van der Waals surface area contributed by atoms with Gasteiger partial charge in [-0.3, -0.25) is 0 Å². The number of halogens is 1. The van der Waals surface area contributed by atoms with Crippen molar-refractivity contribution in [1.82, 2.24) is 5.32 Å². The van der Waals surface area contributed by atoms with E-state index in [1.807, 2.05) is 25.1 Å². The molecule has 2 rings (SSSR count). The molecule has 3 N–H and O–H groups in total. The monoisotopic (exact) mass is 376 g/mol. The fraction of sp³-hybridized carbons (Fsp3) is 0.350. The minimum absolute atomic E-state index is 0.607. The summed E-state index contributed by atoms with van der Waals surface area (Å²) in [6, 6.07) is 14.3.